The molecule has 0 aliphatic heterocycles. The van der Waals surface area contributed by atoms with E-state index in [2.05, 4.69) is 20.8 Å². The Morgan fingerprint density at radius 2 is 1.46 bits per heavy atom. The molecule has 2 heteroatoms. The topological polar surface area (TPSA) is 9.23 Å². The van der Waals surface area contributed by atoms with E-state index in [1.54, 1.807) is 0 Å². The lowest BCUT2D eigenvalue weighted by atomic mass is 9.60. The Labute approximate surface area is 84.4 Å². The lowest BCUT2D eigenvalue weighted by Gasteiger charge is -2.12. The van der Waals surface area contributed by atoms with Gasteiger partial charge in [0.15, 0.2) is 0 Å². The Kier molecular flexibility index (Phi) is 10.1. The van der Waals surface area contributed by atoms with Gasteiger partial charge in [-0.15, -0.1) is 0 Å². The van der Waals surface area contributed by atoms with Crippen molar-refractivity contribution in [3.8, 4) is 0 Å². The first-order valence-corrected chi connectivity index (χ1v) is 5.96. The van der Waals surface area contributed by atoms with Gasteiger partial charge in [0.1, 0.15) is 0 Å². The van der Waals surface area contributed by atoms with Crippen molar-refractivity contribution in [3.05, 3.63) is 0 Å². The van der Waals surface area contributed by atoms with Crippen LogP contribution in [0.3, 0.4) is 0 Å². The summed E-state index contributed by atoms with van der Waals surface area (Å²) in [6.45, 7) is 8.20. The second-order valence-electron chi connectivity index (χ2n) is 3.78. The lowest BCUT2D eigenvalue weighted by Crippen LogP contribution is -2.17. The van der Waals surface area contributed by atoms with Gasteiger partial charge in [-0.2, -0.15) is 0 Å². The van der Waals surface area contributed by atoms with E-state index in [4.69, 9.17) is 4.65 Å². The van der Waals surface area contributed by atoms with Crippen LogP contribution in [-0.2, 0) is 4.65 Å². The molecule has 0 aromatic heterocycles. The monoisotopic (exact) mass is 184 g/mol. The molecule has 0 aliphatic rings. The largest absolute Gasteiger partial charge is 0.436 e. The van der Waals surface area contributed by atoms with Gasteiger partial charge in [0, 0.05) is 6.61 Å². The summed E-state index contributed by atoms with van der Waals surface area (Å²) in [5.41, 5.74) is 0. The molecule has 0 unspecified atom stereocenters. The molecule has 0 saturated carbocycles. The van der Waals surface area contributed by atoms with Crippen molar-refractivity contribution in [1.82, 2.24) is 0 Å². The molecule has 0 aromatic carbocycles. The molecule has 0 saturated heterocycles. The average Bonchev–Trinajstić information content (AvgIpc) is 2.13. The maximum absolute atomic E-state index is 5.82. The van der Waals surface area contributed by atoms with Crippen LogP contribution in [0.4, 0.5) is 0 Å². The summed E-state index contributed by atoms with van der Waals surface area (Å²) in [5.74, 6) is 0. The van der Waals surface area contributed by atoms with Crippen molar-refractivity contribution in [3.63, 3.8) is 0 Å². The molecule has 0 spiro atoms. The van der Waals surface area contributed by atoms with Crippen LogP contribution in [0.5, 0.6) is 0 Å². The first-order chi connectivity index (χ1) is 6.35. The van der Waals surface area contributed by atoms with Crippen LogP contribution in [0.1, 0.15) is 52.9 Å². The molecule has 0 amide bonds. The summed E-state index contributed by atoms with van der Waals surface area (Å²) < 4.78 is 5.82. The van der Waals surface area contributed by atoms with E-state index in [1.165, 1.54) is 44.7 Å². The van der Waals surface area contributed by atoms with E-state index in [0.717, 1.165) is 6.61 Å². The van der Waals surface area contributed by atoms with Gasteiger partial charge in [-0.1, -0.05) is 46.5 Å². The molecule has 0 heterocycles. The zero-order valence-electron chi connectivity index (χ0n) is 9.64. The van der Waals surface area contributed by atoms with Crippen LogP contribution in [0.25, 0.3) is 0 Å². The summed E-state index contributed by atoms with van der Waals surface area (Å²) in [7, 11) is 0. The minimum absolute atomic E-state index is 0.534. The molecule has 0 aromatic rings. The van der Waals surface area contributed by atoms with Crippen LogP contribution >= 0.6 is 0 Å². The standard InChI is InChI=1S/C11H25BO/c1-4-7-8-11-13-12(9-5-2)10-6-3/h4-11H2,1-3H3. The van der Waals surface area contributed by atoms with Crippen LogP contribution < -0.4 is 0 Å². The minimum Gasteiger partial charge on any atom is -0.436 e. The van der Waals surface area contributed by atoms with Crippen molar-refractivity contribution >= 4 is 6.92 Å². The summed E-state index contributed by atoms with van der Waals surface area (Å²) >= 11 is 0. The van der Waals surface area contributed by atoms with E-state index in [1.807, 2.05) is 0 Å². The minimum atomic E-state index is 0.534. The fraction of sp³-hybridized carbons (Fsp3) is 1.00. The zero-order valence-corrected chi connectivity index (χ0v) is 9.64. The molecule has 0 fully saturated rings. The van der Waals surface area contributed by atoms with E-state index in [0.29, 0.717) is 6.92 Å². The smallest absolute Gasteiger partial charge is 0.293 e. The third-order valence-electron chi connectivity index (χ3n) is 2.32. The average molecular weight is 184 g/mol. The van der Waals surface area contributed by atoms with Gasteiger partial charge in [0.2, 0.25) is 0 Å². The maximum atomic E-state index is 5.82. The Balaban J connectivity index is 3.33. The molecule has 0 atom stereocenters. The van der Waals surface area contributed by atoms with Gasteiger partial charge in [-0.05, 0) is 19.1 Å². The van der Waals surface area contributed by atoms with Crippen molar-refractivity contribution in [2.45, 2.75) is 65.5 Å². The Morgan fingerprint density at radius 3 is 1.92 bits per heavy atom. The molecule has 0 aliphatic carbocycles. The predicted molar refractivity (Wildman–Crippen MR) is 61.4 cm³/mol. The number of unbranched alkanes of at least 4 members (excludes halogenated alkanes) is 2. The highest BCUT2D eigenvalue weighted by Crippen LogP contribution is 2.08. The molecule has 0 rings (SSSR count). The van der Waals surface area contributed by atoms with Gasteiger partial charge in [0.25, 0.3) is 6.92 Å². The van der Waals surface area contributed by atoms with Gasteiger partial charge < -0.3 is 4.65 Å². The highest BCUT2D eigenvalue weighted by Gasteiger charge is 2.11. The molecular formula is C11H25BO. The van der Waals surface area contributed by atoms with Crippen LogP contribution in [0.2, 0.25) is 12.6 Å². The third kappa shape index (κ3) is 8.36. The van der Waals surface area contributed by atoms with Crippen molar-refractivity contribution in [2.24, 2.45) is 0 Å². The molecule has 0 N–H and O–H groups in total. The second kappa shape index (κ2) is 10.1. The van der Waals surface area contributed by atoms with Gasteiger partial charge in [0.05, 0.1) is 0 Å². The Hall–Kier alpha value is 0.0249. The highest BCUT2D eigenvalue weighted by atomic mass is 16.4. The van der Waals surface area contributed by atoms with Gasteiger partial charge >= 0.3 is 0 Å². The first-order valence-electron chi connectivity index (χ1n) is 5.96. The molecule has 0 bridgehead atoms. The maximum Gasteiger partial charge on any atom is 0.293 e. The molecule has 1 nitrogen and oxygen atoms in total. The molecule has 13 heavy (non-hydrogen) atoms. The van der Waals surface area contributed by atoms with Gasteiger partial charge in [-0.3, -0.25) is 0 Å². The van der Waals surface area contributed by atoms with E-state index >= 15 is 0 Å². The van der Waals surface area contributed by atoms with Crippen LogP contribution in [0, 0.1) is 0 Å². The fourth-order valence-corrected chi connectivity index (χ4v) is 1.56. The normalized spacial score (nSPS) is 10.4. The number of rotatable bonds is 9. The van der Waals surface area contributed by atoms with Crippen LogP contribution in [0.15, 0.2) is 0 Å². The summed E-state index contributed by atoms with van der Waals surface area (Å²) in [6.07, 6.45) is 8.80. The first kappa shape index (κ1) is 13.0. The zero-order chi connectivity index (χ0) is 9.94. The Bertz CT molecular complexity index is 90.1. The van der Waals surface area contributed by atoms with E-state index in [9.17, 15) is 0 Å². The van der Waals surface area contributed by atoms with E-state index < -0.39 is 0 Å². The van der Waals surface area contributed by atoms with Gasteiger partial charge in [-0.25, -0.2) is 0 Å². The molecular weight excluding hydrogens is 159 g/mol. The predicted octanol–water partition coefficient (Wildman–Crippen LogP) is 4.00. The highest BCUT2D eigenvalue weighted by molar-refractivity contribution is 6.51. The lowest BCUT2D eigenvalue weighted by molar-refractivity contribution is 0.305. The van der Waals surface area contributed by atoms with Crippen LogP contribution in [-0.4, -0.2) is 13.5 Å². The second-order valence-corrected chi connectivity index (χ2v) is 3.78. The fourth-order valence-electron chi connectivity index (χ4n) is 1.56. The summed E-state index contributed by atoms with van der Waals surface area (Å²) in [5, 5.41) is 0. The number of hydrogen-bond acceptors (Lipinski definition) is 1. The third-order valence-corrected chi connectivity index (χ3v) is 2.32. The summed E-state index contributed by atoms with van der Waals surface area (Å²) in [4.78, 5) is 0. The van der Waals surface area contributed by atoms with Crippen molar-refractivity contribution in [2.75, 3.05) is 6.61 Å². The molecule has 78 valence electrons. The Morgan fingerprint density at radius 1 is 0.846 bits per heavy atom. The van der Waals surface area contributed by atoms with Crippen molar-refractivity contribution < 1.29 is 4.65 Å². The molecule has 0 radical (unpaired) electrons. The van der Waals surface area contributed by atoms with E-state index in [-0.39, 0.29) is 0 Å². The number of hydrogen-bond donors (Lipinski definition) is 0. The quantitative estimate of drug-likeness (QED) is 0.388. The van der Waals surface area contributed by atoms with Crippen molar-refractivity contribution in [1.29, 1.82) is 0 Å². The SMILES string of the molecule is CCCCCOB(CCC)CCC. The summed E-state index contributed by atoms with van der Waals surface area (Å²) in [6, 6.07) is 0.